The summed E-state index contributed by atoms with van der Waals surface area (Å²) < 4.78 is 8.68. The maximum Gasteiger partial charge on any atom is 0.238 e. The molecule has 0 unspecified atom stereocenters. The van der Waals surface area contributed by atoms with Gasteiger partial charge >= 0.3 is 0 Å². The topological polar surface area (TPSA) is 56.7 Å². The maximum absolute atomic E-state index is 6.54. The number of nitrogens with zero attached hydrogens (tertiary/aromatic N) is 4. The van der Waals surface area contributed by atoms with Crippen molar-refractivity contribution >= 4 is 43.7 Å². The summed E-state index contributed by atoms with van der Waals surface area (Å²) in [6.07, 6.45) is 0. The molecule has 5 nitrogen and oxygen atoms in total. The number of hydrogen-bond donors (Lipinski definition) is 0. The van der Waals surface area contributed by atoms with Crippen molar-refractivity contribution in [3.63, 3.8) is 0 Å². The maximum atomic E-state index is 6.54. The van der Waals surface area contributed by atoms with E-state index in [1.54, 1.807) is 0 Å². The van der Waals surface area contributed by atoms with Gasteiger partial charge in [-0.1, -0.05) is 146 Å². The molecule has 0 aliphatic rings. The van der Waals surface area contributed by atoms with Crippen LogP contribution in [0.5, 0.6) is 0 Å². The first kappa shape index (κ1) is 28.2. The molecule has 0 bridgehead atoms. The summed E-state index contributed by atoms with van der Waals surface area (Å²) in [4.78, 5) is 15.4. The van der Waals surface area contributed by atoms with E-state index in [4.69, 9.17) is 19.4 Å². The summed E-state index contributed by atoms with van der Waals surface area (Å²) in [7, 11) is 0. The van der Waals surface area contributed by atoms with Gasteiger partial charge in [-0.15, -0.1) is 0 Å². The summed E-state index contributed by atoms with van der Waals surface area (Å²) in [5.41, 5.74) is 10.1. The van der Waals surface area contributed by atoms with E-state index in [1.165, 1.54) is 0 Å². The van der Waals surface area contributed by atoms with Crippen molar-refractivity contribution in [2.75, 3.05) is 0 Å². The van der Waals surface area contributed by atoms with E-state index >= 15 is 0 Å². The molecule has 10 aromatic rings. The van der Waals surface area contributed by atoms with Gasteiger partial charge in [0.1, 0.15) is 11.2 Å². The molecule has 234 valence electrons. The summed E-state index contributed by atoms with van der Waals surface area (Å²) in [5.74, 6) is 1.76. The third kappa shape index (κ3) is 4.60. The third-order valence-corrected chi connectivity index (χ3v) is 9.50. The molecule has 5 heteroatoms. The van der Waals surface area contributed by atoms with Crippen molar-refractivity contribution in [1.82, 2.24) is 19.5 Å². The Labute approximate surface area is 287 Å². The van der Waals surface area contributed by atoms with Crippen molar-refractivity contribution in [3.8, 4) is 51.0 Å². The Morgan fingerprint density at radius 2 is 0.860 bits per heavy atom. The summed E-state index contributed by atoms with van der Waals surface area (Å²) in [5, 5.41) is 4.31. The average Bonchev–Trinajstić information content (AvgIpc) is 3.74. The van der Waals surface area contributed by atoms with Gasteiger partial charge in [-0.05, 0) is 46.5 Å². The predicted molar refractivity (Wildman–Crippen MR) is 203 cm³/mol. The fraction of sp³-hybridized carbons (Fsp3) is 0. The Bertz CT molecular complexity index is 2740. The normalized spacial score (nSPS) is 11.6. The highest BCUT2D eigenvalue weighted by Crippen LogP contribution is 2.40. The highest BCUT2D eigenvalue weighted by molar-refractivity contribution is 6.23. The van der Waals surface area contributed by atoms with Crippen LogP contribution in [-0.4, -0.2) is 19.5 Å². The lowest BCUT2D eigenvalue weighted by molar-refractivity contribution is 0.673. The van der Waals surface area contributed by atoms with Crippen LogP contribution in [0.1, 0.15) is 0 Å². The molecule has 0 saturated heterocycles. The minimum atomic E-state index is 0.547. The van der Waals surface area contributed by atoms with E-state index in [2.05, 4.69) is 150 Å². The molecule has 0 amide bonds. The van der Waals surface area contributed by atoms with Crippen molar-refractivity contribution in [2.24, 2.45) is 0 Å². The second-order valence-corrected chi connectivity index (χ2v) is 12.5. The van der Waals surface area contributed by atoms with Crippen LogP contribution in [0.25, 0.3) is 94.7 Å². The zero-order valence-corrected chi connectivity index (χ0v) is 26.9. The summed E-state index contributed by atoms with van der Waals surface area (Å²) >= 11 is 0. The quantitative estimate of drug-likeness (QED) is 0.188. The molecule has 3 aromatic heterocycles. The van der Waals surface area contributed by atoms with Gasteiger partial charge in [0.2, 0.25) is 5.95 Å². The van der Waals surface area contributed by atoms with Crippen LogP contribution in [0.3, 0.4) is 0 Å². The number of aromatic nitrogens is 4. The van der Waals surface area contributed by atoms with Crippen LogP contribution in [0, 0.1) is 0 Å². The lowest BCUT2D eigenvalue weighted by atomic mass is 10.0. The number of benzene rings is 7. The van der Waals surface area contributed by atoms with Crippen LogP contribution < -0.4 is 0 Å². The highest BCUT2D eigenvalue weighted by atomic mass is 16.3. The molecule has 3 heterocycles. The summed E-state index contributed by atoms with van der Waals surface area (Å²) in [6.45, 7) is 0. The highest BCUT2D eigenvalue weighted by Gasteiger charge is 2.21. The Hall–Kier alpha value is -6.85. The zero-order chi connectivity index (χ0) is 33.0. The van der Waals surface area contributed by atoms with Crippen molar-refractivity contribution in [1.29, 1.82) is 0 Å². The zero-order valence-electron chi connectivity index (χ0n) is 26.9. The molecule has 7 aromatic carbocycles. The van der Waals surface area contributed by atoms with Crippen LogP contribution in [0.15, 0.2) is 174 Å². The molecular weight excluding hydrogens is 613 g/mol. The largest absolute Gasteiger partial charge is 0.455 e. The standard InChI is InChI=1S/C45H28N4O/c1-3-11-29(12-4-1)31-19-23-33(24-20-31)43-46-44(34-25-21-32(22-26-34)30-13-5-2-6-14-30)48-45(47-43)49-38-17-9-7-16-37(38)41-39(49)28-27-36-35-15-8-10-18-40(35)50-42(36)41/h1-28H. The van der Waals surface area contributed by atoms with E-state index in [-0.39, 0.29) is 0 Å². The molecule has 0 N–H and O–H groups in total. The van der Waals surface area contributed by atoms with E-state index in [1.807, 2.05) is 24.3 Å². The molecule has 0 aliphatic heterocycles. The number of fused-ring (bicyclic) bond motifs is 7. The monoisotopic (exact) mass is 640 g/mol. The molecule has 0 aliphatic carbocycles. The first-order chi connectivity index (χ1) is 24.8. The van der Waals surface area contributed by atoms with Crippen LogP contribution in [-0.2, 0) is 0 Å². The van der Waals surface area contributed by atoms with Crippen molar-refractivity contribution in [2.45, 2.75) is 0 Å². The minimum absolute atomic E-state index is 0.547. The predicted octanol–water partition coefficient (Wildman–Crippen LogP) is 11.5. The fourth-order valence-corrected chi connectivity index (χ4v) is 7.06. The fourth-order valence-electron chi connectivity index (χ4n) is 7.06. The van der Waals surface area contributed by atoms with Gasteiger partial charge in [0, 0.05) is 27.3 Å². The minimum Gasteiger partial charge on any atom is -0.455 e. The first-order valence-corrected chi connectivity index (χ1v) is 16.7. The van der Waals surface area contributed by atoms with Gasteiger partial charge in [0.25, 0.3) is 0 Å². The number of hydrogen-bond acceptors (Lipinski definition) is 4. The van der Waals surface area contributed by atoms with Gasteiger partial charge in [0.15, 0.2) is 11.6 Å². The van der Waals surface area contributed by atoms with Gasteiger partial charge in [-0.3, -0.25) is 4.57 Å². The lowest BCUT2D eigenvalue weighted by Gasteiger charge is -2.11. The molecular formula is C45H28N4O. The van der Waals surface area contributed by atoms with E-state index in [0.717, 1.165) is 77.1 Å². The Morgan fingerprint density at radius 3 is 1.48 bits per heavy atom. The van der Waals surface area contributed by atoms with Gasteiger partial charge in [-0.2, -0.15) is 9.97 Å². The molecule has 50 heavy (non-hydrogen) atoms. The van der Waals surface area contributed by atoms with E-state index in [0.29, 0.717) is 17.6 Å². The van der Waals surface area contributed by atoms with Crippen molar-refractivity contribution < 1.29 is 4.42 Å². The smallest absolute Gasteiger partial charge is 0.238 e. The van der Waals surface area contributed by atoms with Gasteiger partial charge < -0.3 is 4.42 Å². The Morgan fingerprint density at radius 1 is 0.360 bits per heavy atom. The van der Waals surface area contributed by atoms with Gasteiger partial charge in [0.05, 0.1) is 16.4 Å². The third-order valence-electron chi connectivity index (χ3n) is 9.50. The number of furan rings is 1. The van der Waals surface area contributed by atoms with Gasteiger partial charge in [-0.25, -0.2) is 4.98 Å². The average molecular weight is 641 g/mol. The molecule has 0 radical (unpaired) electrons. The van der Waals surface area contributed by atoms with Crippen LogP contribution in [0.2, 0.25) is 0 Å². The molecule has 0 saturated carbocycles. The van der Waals surface area contributed by atoms with E-state index < -0.39 is 0 Å². The second-order valence-electron chi connectivity index (χ2n) is 12.5. The van der Waals surface area contributed by atoms with Crippen molar-refractivity contribution in [3.05, 3.63) is 170 Å². The number of para-hydroxylation sites is 2. The van der Waals surface area contributed by atoms with E-state index in [9.17, 15) is 0 Å². The number of rotatable bonds is 5. The first-order valence-electron chi connectivity index (χ1n) is 16.7. The Balaban J connectivity index is 1.19. The Kier molecular flexibility index (Phi) is 6.42. The van der Waals surface area contributed by atoms with Crippen LogP contribution >= 0.6 is 0 Å². The second kappa shape index (κ2) is 11.4. The lowest BCUT2D eigenvalue weighted by Crippen LogP contribution is -2.06. The molecule has 0 atom stereocenters. The van der Waals surface area contributed by atoms with Crippen LogP contribution in [0.4, 0.5) is 0 Å². The summed E-state index contributed by atoms with van der Waals surface area (Å²) in [6, 6.07) is 58.5. The molecule has 10 rings (SSSR count). The SMILES string of the molecule is c1ccc(-c2ccc(-c3nc(-c4ccc(-c5ccccc5)cc4)nc(-n4c5ccccc5c5c6oc7ccccc7c6ccc54)n3)cc2)cc1. The molecule has 0 fully saturated rings. The molecule has 0 spiro atoms.